The van der Waals surface area contributed by atoms with Crippen molar-refractivity contribution in [3.63, 3.8) is 0 Å². The molecule has 0 spiro atoms. The number of hydrogen-bond donors (Lipinski definition) is 1. The highest BCUT2D eigenvalue weighted by molar-refractivity contribution is 5.30. The van der Waals surface area contributed by atoms with E-state index in [0.29, 0.717) is 4.65 Å². The molecule has 14 heavy (non-hydrogen) atoms. The molecule has 1 aromatic carbocycles. The van der Waals surface area contributed by atoms with E-state index in [1.807, 2.05) is 45.4 Å². The maximum absolute atomic E-state index is 5.60. The minimum Gasteiger partial charge on any atom is -0.409 e. The molecule has 0 aliphatic carbocycles. The molecule has 0 saturated heterocycles. The number of hydrogen-bond acceptors (Lipinski definition) is 3. The minimum absolute atomic E-state index is 0.437. The number of benzene rings is 1. The fraction of sp³-hybridized carbons (Fsp3) is 0.400. The number of nitrogens with zero attached hydrogens (tertiary/aromatic N) is 1. The van der Waals surface area contributed by atoms with E-state index in [2.05, 4.69) is 5.48 Å². The molecule has 0 saturated carbocycles. The second kappa shape index (κ2) is 4.30. The molecule has 4 nitrogen and oxygen atoms in total. The molecule has 0 fully saturated rings. The third-order valence-corrected chi connectivity index (χ3v) is 1.42. The van der Waals surface area contributed by atoms with Crippen molar-refractivity contribution in [3.8, 4) is 11.5 Å². The first kappa shape index (κ1) is 10.8. The van der Waals surface area contributed by atoms with Crippen LogP contribution >= 0.6 is 0 Å². The lowest BCUT2D eigenvalue weighted by Gasteiger charge is -2.21. The van der Waals surface area contributed by atoms with Gasteiger partial charge in [0, 0.05) is 7.05 Å². The highest BCUT2D eigenvalue weighted by Gasteiger charge is 2.09. The van der Waals surface area contributed by atoms with Crippen LogP contribution in [0.3, 0.4) is 0 Å². The van der Waals surface area contributed by atoms with E-state index in [1.54, 1.807) is 7.05 Å². The van der Waals surface area contributed by atoms with Crippen molar-refractivity contribution in [2.75, 3.05) is 28.2 Å². The highest BCUT2D eigenvalue weighted by atomic mass is 16.7. The predicted molar refractivity (Wildman–Crippen MR) is 54.8 cm³/mol. The fourth-order valence-corrected chi connectivity index (χ4v) is 1.00. The lowest BCUT2D eigenvalue weighted by Crippen LogP contribution is -2.37. The zero-order valence-electron chi connectivity index (χ0n) is 9.07. The Morgan fingerprint density at radius 3 is 1.93 bits per heavy atom. The van der Waals surface area contributed by atoms with E-state index in [4.69, 9.17) is 9.68 Å². The Labute approximate surface area is 84.5 Å². The Morgan fingerprint density at radius 1 is 1.00 bits per heavy atom. The Balaban J connectivity index is 2.64. The molecule has 1 aromatic rings. The van der Waals surface area contributed by atoms with Gasteiger partial charge in [0.25, 0.3) is 0 Å². The molecule has 0 bridgehead atoms. The lowest BCUT2D eigenvalue weighted by molar-refractivity contribution is -1.03. The Morgan fingerprint density at radius 2 is 1.50 bits per heavy atom. The van der Waals surface area contributed by atoms with Gasteiger partial charge >= 0.3 is 0 Å². The van der Waals surface area contributed by atoms with Crippen LogP contribution in [0.4, 0.5) is 0 Å². The molecular weight excluding hydrogens is 180 g/mol. The van der Waals surface area contributed by atoms with Crippen LogP contribution < -0.4 is 15.2 Å². The molecule has 0 aliphatic heterocycles. The third-order valence-electron chi connectivity index (χ3n) is 1.42. The van der Waals surface area contributed by atoms with Gasteiger partial charge in [-0.1, -0.05) is 0 Å². The molecule has 1 N–H and O–H groups in total. The van der Waals surface area contributed by atoms with Gasteiger partial charge in [0.15, 0.2) is 5.75 Å². The average Bonchev–Trinajstić information content (AvgIpc) is 2.06. The summed E-state index contributed by atoms with van der Waals surface area (Å²) in [6, 6.07) is 7.44. The van der Waals surface area contributed by atoms with Gasteiger partial charge in [0.1, 0.15) is 26.9 Å². The SMILES string of the molecule is CNOc1ccc(O[N+](C)(C)C)cc1. The van der Waals surface area contributed by atoms with Gasteiger partial charge in [0.05, 0.1) is 0 Å². The van der Waals surface area contributed by atoms with Gasteiger partial charge in [0.2, 0.25) is 0 Å². The van der Waals surface area contributed by atoms with Crippen molar-refractivity contribution < 1.29 is 14.3 Å². The molecule has 4 heteroatoms. The highest BCUT2D eigenvalue weighted by Crippen LogP contribution is 2.18. The second-order valence-corrected chi connectivity index (χ2v) is 3.76. The van der Waals surface area contributed by atoms with Gasteiger partial charge in [-0.05, 0) is 24.3 Å². The van der Waals surface area contributed by atoms with Crippen LogP contribution in [0.25, 0.3) is 0 Å². The maximum Gasteiger partial charge on any atom is 0.190 e. The Kier molecular flexibility index (Phi) is 3.33. The first-order chi connectivity index (χ1) is 6.51. The number of nitrogens with one attached hydrogen (secondary N) is 1. The fourth-order valence-electron chi connectivity index (χ4n) is 1.00. The quantitative estimate of drug-likeness (QED) is 0.581. The zero-order chi connectivity index (χ0) is 10.6. The summed E-state index contributed by atoms with van der Waals surface area (Å²) in [6.07, 6.45) is 0. The molecule has 0 aromatic heterocycles. The molecule has 0 atom stereocenters. The Hall–Kier alpha value is -1.26. The summed E-state index contributed by atoms with van der Waals surface area (Å²) in [6.45, 7) is 0. The summed E-state index contributed by atoms with van der Waals surface area (Å²) in [5.74, 6) is 1.59. The van der Waals surface area contributed by atoms with Crippen molar-refractivity contribution in [3.05, 3.63) is 24.3 Å². The van der Waals surface area contributed by atoms with Gasteiger partial charge in [-0.2, -0.15) is 5.48 Å². The summed E-state index contributed by atoms with van der Waals surface area (Å²) in [5.41, 5.74) is 2.61. The van der Waals surface area contributed by atoms with E-state index in [-0.39, 0.29) is 0 Å². The van der Waals surface area contributed by atoms with Crippen molar-refractivity contribution in [2.24, 2.45) is 0 Å². The minimum atomic E-state index is 0.437. The van der Waals surface area contributed by atoms with Gasteiger partial charge in [-0.15, -0.1) is 4.65 Å². The predicted octanol–water partition coefficient (Wildman–Crippen LogP) is 1.20. The first-order valence-corrected chi connectivity index (χ1v) is 4.46. The van der Waals surface area contributed by atoms with Gasteiger partial charge in [-0.25, -0.2) is 0 Å². The van der Waals surface area contributed by atoms with Crippen LogP contribution in [0.1, 0.15) is 0 Å². The molecule has 0 amide bonds. The zero-order valence-corrected chi connectivity index (χ0v) is 9.07. The van der Waals surface area contributed by atoms with Crippen LogP contribution in [0.5, 0.6) is 11.5 Å². The molecule has 0 radical (unpaired) electrons. The van der Waals surface area contributed by atoms with Crippen LogP contribution in [0.2, 0.25) is 0 Å². The van der Waals surface area contributed by atoms with Crippen LogP contribution in [-0.4, -0.2) is 32.8 Å². The van der Waals surface area contributed by atoms with E-state index in [9.17, 15) is 0 Å². The van der Waals surface area contributed by atoms with E-state index < -0.39 is 0 Å². The number of hydroxylamine groups is 4. The van der Waals surface area contributed by atoms with E-state index in [1.165, 1.54) is 0 Å². The average molecular weight is 197 g/mol. The molecular formula is C10H17N2O2+. The van der Waals surface area contributed by atoms with Gasteiger partial charge in [-0.3, -0.25) is 0 Å². The molecule has 0 heterocycles. The molecule has 78 valence electrons. The van der Waals surface area contributed by atoms with Crippen LogP contribution in [0.15, 0.2) is 24.3 Å². The van der Waals surface area contributed by atoms with Crippen molar-refractivity contribution >= 4 is 0 Å². The first-order valence-electron chi connectivity index (χ1n) is 4.46. The van der Waals surface area contributed by atoms with Crippen LogP contribution in [-0.2, 0) is 0 Å². The summed E-state index contributed by atoms with van der Waals surface area (Å²) >= 11 is 0. The van der Waals surface area contributed by atoms with Crippen molar-refractivity contribution in [1.29, 1.82) is 0 Å². The molecule has 0 aliphatic rings. The summed E-state index contributed by atoms with van der Waals surface area (Å²) < 4.78 is 0.437. The lowest BCUT2D eigenvalue weighted by atomic mass is 10.3. The largest absolute Gasteiger partial charge is 0.409 e. The van der Waals surface area contributed by atoms with Gasteiger partial charge < -0.3 is 9.68 Å². The molecule has 1 rings (SSSR count). The normalized spacial score (nSPS) is 11.1. The molecule has 0 unspecified atom stereocenters. The second-order valence-electron chi connectivity index (χ2n) is 3.76. The topological polar surface area (TPSA) is 30.5 Å². The summed E-state index contributed by atoms with van der Waals surface area (Å²) in [7, 11) is 7.59. The van der Waals surface area contributed by atoms with Crippen molar-refractivity contribution in [2.45, 2.75) is 0 Å². The summed E-state index contributed by atoms with van der Waals surface area (Å²) in [4.78, 5) is 10.7. The standard InChI is InChI=1S/C10H17N2O2/c1-11-13-9-5-7-10(8-6-9)14-12(2,3)4/h5-8,11H,1-4H3/q+1. The van der Waals surface area contributed by atoms with Crippen LogP contribution in [0, 0.1) is 0 Å². The monoisotopic (exact) mass is 197 g/mol. The number of quaternary nitrogens is 1. The Bertz CT molecular complexity index is 277. The van der Waals surface area contributed by atoms with E-state index >= 15 is 0 Å². The van der Waals surface area contributed by atoms with E-state index in [0.717, 1.165) is 11.5 Å². The third kappa shape index (κ3) is 3.64. The van der Waals surface area contributed by atoms with Crippen molar-refractivity contribution in [1.82, 2.24) is 5.48 Å². The maximum atomic E-state index is 5.60. The smallest absolute Gasteiger partial charge is 0.190 e. The summed E-state index contributed by atoms with van der Waals surface area (Å²) in [5, 5.41) is 0. The number of rotatable bonds is 4.